The van der Waals surface area contributed by atoms with Crippen molar-refractivity contribution in [3.05, 3.63) is 41.6 Å². The number of carbonyl (C=O) groups is 2. The fraction of sp³-hybridized carbons (Fsp3) is 0.500. The molecule has 2 heterocycles. The van der Waals surface area contributed by atoms with Gasteiger partial charge in [-0.25, -0.2) is 0 Å². The number of carbonyl (C=O) groups excluding carboxylic acids is 2. The second-order valence-corrected chi connectivity index (χ2v) is 7.92. The summed E-state index contributed by atoms with van der Waals surface area (Å²) in [5.74, 6) is 0.802. The Morgan fingerprint density at radius 3 is 2.48 bits per heavy atom. The summed E-state index contributed by atoms with van der Waals surface area (Å²) in [5, 5.41) is 4.37. The number of ketones is 1. The zero-order valence-electron chi connectivity index (χ0n) is 16.1. The first-order valence-electron chi connectivity index (χ1n) is 10.0. The third-order valence-electron chi connectivity index (χ3n) is 6.24. The Balaban J connectivity index is 1.66. The maximum absolute atomic E-state index is 13.5. The fourth-order valence-electron chi connectivity index (χ4n) is 4.83. The monoisotopic (exact) mass is 365 g/mol. The number of benzene rings is 1. The van der Waals surface area contributed by atoms with Crippen LogP contribution in [0.2, 0.25) is 0 Å². The quantitative estimate of drug-likeness (QED) is 0.770. The molecule has 1 aliphatic carbocycles. The minimum Gasteiger partial charge on any atom is -0.335 e. The highest BCUT2D eigenvalue weighted by molar-refractivity contribution is 6.00. The SMILES string of the molecule is CC(=O)c1ccc(-c2c(C(=O)N3CCCC4CCCCC43)cnn2C)cc1. The summed E-state index contributed by atoms with van der Waals surface area (Å²) in [4.78, 5) is 27.1. The molecule has 27 heavy (non-hydrogen) atoms. The second-order valence-electron chi connectivity index (χ2n) is 7.92. The standard InChI is InChI=1S/C22H27N3O2/c1-15(26)16-9-11-18(12-10-16)21-19(14-23-24(21)2)22(27)25-13-5-7-17-6-3-4-8-20(17)25/h9-12,14,17,20H,3-8,13H2,1-2H3. The minimum atomic E-state index is 0.0412. The number of aromatic nitrogens is 2. The highest BCUT2D eigenvalue weighted by atomic mass is 16.2. The number of aryl methyl sites for hydroxylation is 1. The average molecular weight is 365 g/mol. The number of piperidine rings is 1. The zero-order chi connectivity index (χ0) is 19.0. The maximum Gasteiger partial charge on any atom is 0.257 e. The highest BCUT2D eigenvalue weighted by Gasteiger charge is 2.37. The first kappa shape index (κ1) is 18.0. The predicted molar refractivity (Wildman–Crippen MR) is 105 cm³/mol. The van der Waals surface area contributed by atoms with Crippen LogP contribution in [0.15, 0.2) is 30.5 Å². The van der Waals surface area contributed by atoms with Gasteiger partial charge in [-0.2, -0.15) is 5.10 Å². The molecule has 0 N–H and O–H groups in total. The van der Waals surface area contributed by atoms with E-state index in [1.807, 2.05) is 31.3 Å². The lowest BCUT2D eigenvalue weighted by atomic mass is 9.78. The van der Waals surface area contributed by atoms with Crippen molar-refractivity contribution in [3.8, 4) is 11.3 Å². The van der Waals surface area contributed by atoms with E-state index in [2.05, 4.69) is 10.00 Å². The second kappa shape index (κ2) is 7.29. The summed E-state index contributed by atoms with van der Waals surface area (Å²) in [6.07, 6.45) is 8.93. The van der Waals surface area contributed by atoms with Crippen LogP contribution in [0.3, 0.4) is 0 Å². The molecule has 1 aromatic carbocycles. The van der Waals surface area contributed by atoms with E-state index < -0.39 is 0 Å². The molecule has 2 atom stereocenters. The van der Waals surface area contributed by atoms with Crippen LogP contribution >= 0.6 is 0 Å². The third kappa shape index (κ3) is 3.31. The van der Waals surface area contributed by atoms with Gasteiger partial charge in [0.15, 0.2) is 5.78 Å². The molecule has 0 bridgehead atoms. The third-order valence-corrected chi connectivity index (χ3v) is 6.24. The van der Waals surface area contributed by atoms with E-state index in [1.54, 1.807) is 17.8 Å². The number of Topliss-reactive ketones (excluding diaryl/α,β-unsaturated/α-hetero) is 1. The molecule has 1 saturated heterocycles. The molecular weight excluding hydrogens is 338 g/mol. The molecule has 142 valence electrons. The lowest BCUT2D eigenvalue weighted by Gasteiger charge is -2.44. The molecule has 2 aliphatic rings. The van der Waals surface area contributed by atoms with Crippen molar-refractivity contribution in [2.45, 2.75) is 51.5 Å². The lowest BCUT2D eigenvalue weighted by Crippen LogP contribution is -2.49. The molecular formula is C22H27N3O2. The van der Waals surface area contributed by atoms with E-state index in [-0.39, 0.29) is 11.7 Å². The van der Waals surface area contributed by atoms with E-state index >= 15 is 0 Å². The van der Waals surface area contributed by atoms with E-state index in [0.717, 1.165) is 30.6 Å². The Hall–Kier alpha value is -2.43. The first-order valence-corrected chi connectivity index (χ1v) is 10.0. The molecule has 1 saturated carbocycles. The number of hydrogen-bond acceptors (Lipinski definition) is 3. The van der Waals surface area contributed by atoms with Crippen molar-refractivity contribution in [1.82, 2.24) is 14.7 Å². The summed E-state index contributed by atoms with van der Waals surface area (Å²) < 4.78 is 1.76. The van der Waals surface area contributed by atoms with E-state index in [0.29, 0.717) is 23.1 Å². The summed E-state index contributed by atoms with van der Waals surface area (Å²) in [7, 11) is 1.87. The Morgan fingerprint density at radius 2 is 1.74 bits per heavy atom. The number of amides is 1. The average Bonchev–Trinajstić information content (AvgIpc) is 3.08. The summed E-state index contributed by atoms with van der Waals surface area (Å²) in [5.41, 5.74) is 3.09. The van der Waals surface area contributed by atoms with Crippen molar-refractivity contribution < 1.29 is 9.59 Å². The lowest BCUT2D eigenvalue weighted by molar-refractivity contribution is 0.0391. The number of nitrogens with zero attached hydrogens (tertiary/aromatic N) is 3. The van der Waals surface area contributed by atoms with E-state index in [1.165, 1.54) is 25.7 Å². The number of likely N-dealkylation sites (tertiary alicyclic amines) is 1. The van der Waals surface area contributed by atoms with Crippen molar-refractivity contribution in [1.29, 1.82) is 0 Å². The van der Waals surface area contributed by atoms with Gasteiger partial charge in [-0.05, 0) is 38.5 Å². The molecule has 5 heteroatoms. The van der Waals surface area contributed by atoms with Crippen LogP contribution in [0.4, 0.5) is 0 Å². The zero-order valence-corrected chi connectivity index (χ0v) is 16.1. The van der Waals surface area contributed by atoms with Crippen LogP contribution in [-0.4, -0.2) is 39.0 Å². The summed E-state index contributed by atoms with van der Waals surface area (Å²) >= 11 is 0. The first-order chi connectivity index (χ1) is 13.1. The van der Waals surface area contributed by atoms with Gasteiger partial charge in [0.1, 0.15) is 0 Å². The summed E-state index contributed by atoms with van der Waals surface area (Å²) in [6, 6.07) is 7.83. The highest BCUT2D eigenvalue weighted by Crippen LogP contribution is 2.37. The van der Waals surface area contributed by atoms with E-state index in [4.69, 9.17) is 0 Å². The van der Waals surface area contributed by atoms with Crippen LogP contribution in [0.5, 0.6) is 0 Å². The Kier molecular flexibility index (Phi) is 4.85. The van der Waals surface area contributed by atoms with Gasteiger partial charge >= 0.3 is 0 Å². The largest absolute Gasteiger partial charge is 0.335 e. The predicted octanol–water partition coefficient (Wildman–Crippen LogP) is 4.08. The van der Waals surface area contributed by atoms with Crippen LogP contribution in [0.25, 0.3) is 11.3 Å². The van der Waals surface area contributed by atoms with Gasteiger partial charge in [0.05, 0.1) is 17.5 Å². The Bertz CT molecular complexity index is 851. The van der Waals surface area contributed by atoms with Gasteiger partial charge in [0.25, 0.3) is 5.91 Å². The van der Waals surface area contributed by atoms with Gasteiger partial charge in [0.2, 0.25) is 0 Å². The van der Waals surface area contributed by atoms with E-state index in [9.17, 15) is 9.59 Å². The molecule has 1 aromatic heterocycles. The molecule has 2 aromatic rings. The number of rotatable bonds is 3. The van der Waals surface area contributed by atoms with Crippen LogP contribution in [0, 0.1) is 5.92 Å². The molecule has 1 amide bonds. The van der Waals surface area contributed by atoms with Gasteiger partial charge in [-0.15, -0.1) is 0 Å². The molecule has 5 nitrogen and oxygen atoms in total. The normalized spacial score (nSPS) is 22.4. The molecule has 0 spiro atoms. The van der Waals surface area contributed by atoms with Gasteiger partial charge in [-0.3, -0.25) is 14.3 Å². The topological polar surface area (TPSA) is 55.2 Å². The Morgan fingerprint density at radius 1 is 1.04 bits per heavy atom. The van der Waals surface area contributed by atoms with Gasteiger partial charge in [-0.1, -0.05) is 37.1 Å². The molecule has 2 fully saturated rings. The van der Waals surface area contributed by atoms with Gasteiger partial charge in [0, 0.05) is 30.8 Å². The molecule has 4 rings (SSSR count). The molecule has 0 radical (unpaired) electrons. The molecule has 1 aliphatic heterocycles. The van der Waals surface area contributed by atoms with Crippen molar-refractivity contribution in [2.75, 3.05) is 6.54 Å². The van der Waals surface area contributed by atoms with Gasteiger partial charge < -0.3 is 4.90 Å². The fourth-order valence-corrected chi connectivity index (χ4v) is 4.83. The van der Waals surface area contributed by atoms with Crippen molar-refractivity contribution in [3.63, 3.8) is 0 Å². The van der Waals surface area contributed by atoms with Crippen LogP contribution < -0.4 is 0 Å². The molecule has 2 unspecified atom stereocenters. The smallest absolute Gasteiger partial charge is 0.257 e. The van der Waals surface area contributed by atoms with Crippen LogP contribution in [0.1, 0.15) is 66.2 Å². The van der Waals surface area contributed by atoms with Crippen molar-refractivity contribution in [2.24, 2.45) is 13.0 Å². The van der Waals surface area contributed by atoms with Crippen molar-refractivity contribution >= 4 is 11.7 Å². The maximum atomic E-state index is 13.5. The Labute approximate surface area is 160 Å². The minimum absolute atomic E-state index is 0.0412. The number of fused-ring (bicyclic) bond motifs is 1. The van der Waals surface area contributed by atoms with Crippen LogP contribution in [-0.2, 0) is 7.05 Å². The summed E-state index contributed by atoms with van der Waals surface area (Å²) in [6.45, 7) is 2.41. The number of hydrogen-bond donors (Lipinski definition) is 0.